The van der Waals surface area contributed by atoms with Crippen LogP contribution in [-0.4, -0.2) is 28.8 Å². The number of aliphatic carboxylic acids is 1. The number of benzene rings is 1. The summed E-state index contributed by atoms with van der Waals surface area (Å²) in [6.45, 7) is 0. The average Bonchev–Trinajstić information content (AvgIpc) is 2.48. The quantitative estimate of drug-likeness (QED) is 0.838. The summed E-state index contributed by atoms with van der Waals surface area (Å²) in [5.74, 6) is -1.22. The lowest BCUT2D eigenvalue weighted by atomic mass is 9.81. The van der Waals surface area contributed by atoms with Gasteiger partial charge in [0, 0.05) is 4.90 Å². The third-order valence-corrected chi connectivity index (χ3v) is 4.62. The molecule has 0 radical (unpaired) electrons. The van der Waals surface area contributed by atoms with E-state index in [0.29, 0.717) is 18.4 Å². The monoisotopic (exact) mass is 293 g/mol. The molecular formula is C15H19NO3S. The zero-order chi connectivity index (χ0) is 14.6. The molecule has 4 nitrogen and oxygen atoms in total. The van der Waals surface area contributed by atoms with Crippen molar-refractivity contribution in [2.45, 2.75) is 42.5 Å². The zero-order valence-electron chi connectivity index (χ0n) is 11.5. The molecule has 1 saturated carbocycles. The van der Waals surface area contributed by atoms with Crippen molar-refractivity contribution in [2.24, 2.45) is 0 Å². The van der Waals surface area contributed by atoms with E-state index in [-0.39, 0.29) is 5.91 Å². The molecule has 2 rings (SSSR count). The lowest BCUT2D eigenvalue weighted by molar-refractivity contribution is -0.145. The first-order chi connectivity index (χ1) is 9.59. The summed E-state index contributed by atoms with van der Waals surface area (Å²) in [6, 6.07) is 7.27. The van der Waals surface area contributed by atoms with Gasteiger partial charge in [-0.1, -0.05) is 31.4 Å². The van der Waals surface area contributed by atoms with Crippen LogP contribution in [0.25, 0.3) is 0 Å². The lowest BCUT2D eigenvalue weighted by Gasteiger charge is -2.34. The summed E-state index contributed by atoms with van der Waals surface area (Å²) in [5, 5.41) is 12.3. The Kier molecular flexibility index (Phi) is 4.70. The van der Waals surface area contributed by atoms with Crippen LogP contribution in [0.15, 0.2) is 29.2 Å². The van der Waals surface area contributed by atoms with Gasteiger partial charge in [-0.15, -0.1) is 11.8 Å². The van der Waals surface area contributed by atoms with E-state index in [2.05, 4.69) is 5.32 Å². The topological polar surface area (TPSA) is 66.4 Å². The molecule has 0 aromatic heterocycles. The highest BCUT2D eigenvalue weighted by molar-refractivity contribution is 7.98. The Morgan fingerprint density at radius 1 is 1.20 bits per heavy atom. The second-order valence-electron chi connectivity index (χ2n) is 5.10. The Hall–Kier alpha value is -1.49. The smallest absolute Gasteiger partial charge is 0.329 e. The molecule has 2 N–H and O–H groups in total. The number of amides is 1. The largest absolute Gasteiger partial charge is 0.480 e. The van der Waals surface area contributed by atoms with Crippen LogP contribution in [0.4, 0.5) is 0 Å². The fourth-order valence-corrected chi connectivity index (χ4v) is 3.26. The number of carbonyl (C=O) groups is 2. The van der Waals surface area contributed by atoms with Gasteiger partial charge in [-0.2, -0.15) is 0 Å². The minimum Gasteiger partial charge on any atom is -0.480 e. The molecule has 108 valence electrons. The van der Waals surface area contributed by atoms with E-state index in [4.69, 9.17) is 0 Å². The van der Waals surface area contributed by atoms with Crippen molar-refractivity contribution in [1.29, 1.82) is 0 Å². The molecule has 0 aliphatic heterocycles. The van der Waals surface area contributed by atoms with Crippen LogP contribution in [0.2, 0.25) is 0 Å². The molecule has 1 aliphatic rings. The number of thioether (sulfide) groups is 1. The number of nitrogens with one attached hydrogen (secondary N) is 1. The predicted octanol–water partition coefficient (Wildman–Crippen LogP) is 2.93. The summed E-state index contributed by atoms with van der Waals surface area (Å²) in [5.41, 5.74) is -0.549. The molecule has 1 aliphatic carbocycles. The molecule has 0 heterocycles. The number of carboxylic acid groups (broad SMARTS) is 1. The van der Waals surface area contributed by atoms with Gasteiger partial charge in [-0.25, -0.2) is 4.79 Å². The van der Waals surface area contributed by atoms with Gasteiger partial charge in [0.1, 0.15) is 5.54 Å². The summed E-state index contributed by atoms with van der Waals surface area (Å²) in [4.78, 5) is 24.9. The van der Waals surface area contributed by atoms with Crippen molar-refractivity contribution in [2.75, 3.05) is 6.26 Å². The van der Waals surface area contributed by atoms with Gasteiger partial charge in [-0.05, 0) is 31.2 Å². The van der Waals surface area contributed by atoms with E-state index < -0.39 is 11.5 Å². The summed E-state index contributed by atoms with van der Waals surface area (Å²) in [7, 11) is 0. The highest BCUT2D eigenvalue weighted by Gasteiger charge is 2.41. The summed E-state index contributed by atoms with van der Waals surface area (Å²) < 4.78 is 0. The van der Waals surface area contributed by atoms with Crippen LogP contribution in [0.1, 0.15) is 42.5 Å². The number of hydrogen-bond donors (Lipinski definition) is 2. The third kappa shape index (κ3) is 2.98. The average molecular weight is 293 g/mol. The van der Waals surface area contributed by atoms with Gasteiger partial charge in [0.25, 0.3) is 5.91 Å². The highest BCUT2D eigenvalue weighted by atomic mass is 32.2. The molecule has 1 aromatic rings. The zero-order valence-corrected chi connectivity index (χ0v) is 12.3. The van der Waals surface area contributed by atoms with E-state index in [1.54, 1.807) is 12.1 Å². The lowest BCUT2D eigenvalue weighted by Crippen LogP contribution is -2.55. The molecule has 0 unspecified atom stereocenters. The van der Waals surface area contributed by atoms with E-state index in [1.165, 1.54) is 11.8 Å². The number of rotatable bonds is 4. The van der Waals surface area contributed by atoms with Gasteiger partial charge in [-0.3, -0.25) is 4.79 Å². The van der Waals surface area contributed by atoms with Crippen LogP contribution < -0.4 is 5.32 Å². The van der Waals surface area contributed by atoms with Gasteiger partial charge in [0.2, 0.25) is 0 Å². The standard InChI is InChI=1S/C15H19NO3S/c1-20-12-8-4-3-7-11(12)13(17)16-15(14(18)19)9-5-2-6-10-15/h3-4,7-8H,2,5-6,9-10H2,1H3,(H,16,17)(H,18,19). The van der Waals surface area contributed by atoms with E-state index in [0.717, 1.165) is 24.2 Å². The van der Waals surface area contributed by atoms with Crippen molar-refractivity contribution in [3.8, 4) is 0 Å². The fourth-order valence-electron chi connectivity index (χ4n) is 2.66. The molecule has 0 atom stereocenters. The number of carboxylic acids is 1. The molecule has 1 amide bonds. The molecule has 0 saturated heterocycles. The normalized spacial score (nSPS) is 17.4. The molecule has 5 heteroatoms. The van der Waals surface area contributed by atoms with Gasteiger partial charge in [0.15, 0.2) is 0 Å². The van der Waals surface area contributed by atoms with Crippen LogP contribution in [0, 0.1) is 0 Å². The van der Waals surface area contributed by atoms with Crippen LogP contribution in [0.3, 0.4) is 0 Å². The second kappa shape index (κ2) is 6.31. The van der Waals surface area contributed by atoms with Crippen LogP contribution >= 0.6 is 11.8 Å². The van der Waals surface area contributed by atoms with Gasteiger partial charge >= 0.3 is 5.97 Å². The summed E-state index contributed by atoms with van der Waals surface area (Å²) in [6.07, 6.45) is 5.64. The Balaban J connectivity index is 2.22. The molecule has 0 spiro atoms. The molecule has 1 aromatic carbocycles. The maximum absolute atomic E-state index is 12.4. The molecular weight excluding hydrogens is 274 g/mol. The van der Waals surface area contributed by atoms with Gasteiger partial charge in [0.05, 0.1) is 5.56 Å². The van der Waals surface area contributed by atoms with Crippen molar-refractivity contribution in [3.05, 3.63) is 29.8 Å². The van der Waals surface area contributed by atoms with E-state index >= 15 is 0 Å². The van der Waals surface area contributed by atoms with Crippen molar-refractivity contribution >= 4 is 23.6 Å². The van der Waals surface area contributed by atoms with E-state index in [1.807, 2.05) is 18.4 Å². The predicted molar refractivity (Wildman–Crippen MR) is 79.1 cm³/mol. The Labute approximate surface area is 123 Å². The number of hydrogen-bond acceptors (Lipinski definition) is 3. The first-order valence-corrected chi connectivity index (χ1v) is 8.00. The maximum atomic E-state index is 12.4. The minimum absolute atomic E-state index is 0.292. The van der Waals surface area contributed by atoms with E-state index in [9.17, 15) is 14.7 Å². The Morgan fingerprint density at radius 3 is 2.45 bits per heavy atom. The molecule has 1 fully saturated rings. The molecule has 0 bridgehead atoms. The van der Waals surface area contributed by atoms with Crippen molar-refractivity contribution in [3.63, 3.8) is 0 Å². The van der Waals surface area contributed by atoms with Crippen LogP contribution in [-0.2, 0) is 4.79 Å². The molecule has 20 heavy (non-hydrogen) atoms. The highest BCUT2D eigenvalue weighted by Crippen LogP contribution is 2.29. The van der Waals surface area contributed by atoms with Crippen molar-refractivity contribution in [1.82, 2.24) is 5.32 Å². The first-order valence-electron chi connectivity index (χ1n) is 6.78. The minimum atomic E-state index is -1.10. The van der Waals surface area contributed by atoms with Gasteiger partial charge < -0.3 is 10.4 Å². The maximum Gasteiger partial charge on any atom is 0.329 e. The van der Waals surface area contributed by atoms with Crippen molar-refractivity contribution < 1.29 is 14.7 Å². The van der Waals surface area contributed by atoms with Crippen LogP contribution in [0.5, 0.6) is 0 Å². The summed E-state index contributed by atoms with van der Waals surface area (Å²) >= 11 is 1.48. The SMILES string of the molecule is CSc1ccccc1C(=O)NC1(C(=O)O)CCCCC1. The second-order valence-corrected chi connectivity index (χ2v) is 5.95. The number of carbonyl (C=O) groups excluding carboxylic acids is 1. The third-order valence-electron chi connectivity index (χ3n) is 3.82. The Bertz CT molecular complexity index is 510. The first kappa shape index (κ1) is 14.9. The Morgan fingerprint density at radius 2 is 1.85 bits per heavy atom. The fraction of sp³-hybridized carbons (Fsp3) is 0.467.